The number of esters is 1. The van der Waals surface area contributed by atoms with Crippen LogP contribution >= 0.6 is 0 Å². The Bertz CT molecular complexity index is 569. The lowest BCUT2D eigenvalue weighted by atomic mass is 10.2. The van der Waals surface area contributed by atoms with Gasteiger partial charge in [0, 0.05) is 12.3 Å². The zero-order valence-electron chi connectivity index (χ0n) is 8.82. The van der Waals surface area contributed by atoms with E-state index in [1.54, 1.807) is 13.1 Å². The molecule has 0 aliphatic heterocycles. The lowest BCUT2D eigenvalue weighted by Crippen LogP contribution is -2.05. The summed E-state index contributed by atoms with van der Waals surface area (Å²) in [5.41, 5.74) is 1.46. The Morgan fingerprint density at radius 3 is 2.81 bits per heavy atom. The van der Waals surface area contributed by atoms with Crippen molar-refractivity contribution < 1.29 is 13.9 Å². The molecule has 0 atom stereocenters. The smallest absolute Gasteiger partial charge is 0.340 e. The summed E-state index contributed by atoms with van der Waals surface area (Å²) in [6.45, 7) is 1.77. The van der Waals surface area contributed by atoms with E-state index in [0.29, 0.717) is 16.7 Å². The van der Waals surface area contributed by atoms with E-state index in [-0.39, 0.29) is 5.56 Å². The first-order valence-electron chi connectivity index (χ1n) is 4.63. The fourth-order valence-corrected chi connectivity index (χ4v) is 1.39. The Balaban J connectivity index is 2.68. The summed E-state index contributed by atoms with van der Waals surface area (Å²) in [7, 11) is 1.20. The Labute approximate surface area is 91.1 Å². The van der Waals surface area contributed by atoms with Crippen molar-refractivity contribution in [1.29, 1.82) is 0 Å². The zero-order chi connectivity index (χ0) is 11.7. The van der Waals surface area contributed by atoms with Crippen LogP contribution in [0.3, 0.4) is 0 Å². The van der Waals surface area contributed by atoms with Crippen molar-refractivity contribution in [2.24, 2.45) is 0 Å². The average molecular weight is 220 g/mol. The van der Waals surface area contributed by atoms with Crippen LogP contribution in [0.15, 0.2) is 18.3 Å². The molecule has 16 heavy (non-hydrogen) atoms. The fraction of sp³-hybridized carbons (Fsp3) is 0.182. The molecule has 82 valence electrons. The van der Waals surface area contributed by atoms with Crippen LogP contribution in [0.2, 0.25) is 0 Å². The van der Waals surface area contributed by atoms with Crippen LogP contribution in [0, 0.1) is 12.7 Å². The van der Waals surface area contributed by atoms with Crippen molar-refractivity contribution >= 4 is 17.0 Å². The predicted octanol–water partition coefficient (Wildman–Crippen LogP) is 1.86. The van der Waals surface area contributed by atoms with E-state index in [0.717, 1.165) is 0 Å². The SMILES string of the molecule is COC(=O)c1cc2nc(C)cnc2cc1F. The molecule has 0 spiro atoms. The van der Waals surface area contributed by atoms with Crippen LogP contribution < -0.4 is 0 Å². The number of hydrogen-bond acceptors (Lipinski definition) is 4. The topological polar surface area (TPSA) is 52.1 Å². The molecule has 0 aliphatic rings. The van der Waals surface area contributed by atoms with Crippen molar-refractivity contribution in [2.45, 2.75) is 6.92 Å². The van der Waals surface area contributed by atoms with E-state index in [2.05, 4.69) is 14.7 Å². The summed E-state index contributed by atoms with van der Waals surface area (Å²) >= 11 is 0. The van der Waals surface area contributed by atoms with Gasteiger partial charge in [0.05, 0.1) is 29.4 Å². The molecular weight excluding hydrogens is 211 g/mol. The number of hydrogen-bond donors (Lipinski definition) is 0. The number of carbonyl (C=O) groups is 1. The van der Waals surface area contributed by atoms with Crippen molar-refractivity contribution in [3.63, 3.8) is 0 Å². The second-order valence-electron chi connectivity index (χ2n) is 3.32. The quantitative estimate of drug-likeness (QED) is 0.688. The number of ether oxygens (including phenoxy) is 1. The predicted molar refractivity (Wildman–Crippen MR) is 55.6 cm³/mol. The molecule has 1 aromatic heterocycles. The van der Waals surface area contributed by atoms with Gasteiger partial charge >= 0.3 is 5.97 Å². The maximum atomic E-state index is 13.5. The van der Waals surface area contributed by atoms with E-state index in [9.17, 15) is 9.18 Å². The van der Waals surface area contributed by atoms with Crippen molar-refractivity contribution in [3.05, 3.63) is 35.4 Å². The molecule has 1 heterocycles. The van der Waals surface area contributed by atoms with Gasteiger partial charge in [-0.05, 0) is 13.0 Å². The monoisotopic (exact) mass is 220 g/mol. The molecule has 0 aliphatic carbocycles. The van der Waals surface area contributed by atoms with Crippen LogP contribution in [0.4, 0.5) is 4.39 Å². The minimum Gasteiger partial charge on any atom is -0.465 e. The zero-order valence-corrected chi connectivity index (χ0v) is 8.82. The summed E-state index contributed by atoms with van der Waals surface area (Å²) in [4.78, 5) is 19.4. The minimum atomic E-state index is -0.720. The van der Waals surface area contributed by atoms with Gasteiger partial charge < -0.3 is 4.74 Å². The van der Waals surface area contributed by atoms with E-state index >= 15 is 0 Å². The molecule has 0 saturated carbocycles. The Kier molecular flexibility index (Phi) is 2.52. The molecule has 5 heteroatoms. The van der Waals surface area contributed by atoms with Gasteiger partial charge in [-0.2, -0.15) is 0 Å². The number of nitrogens with zero attached hydrogens (tertiary/aromatic N) is 2. The first kappa shape index (κ1) is 10.5. The molecule has 4 nitrogen and oxygen atoms in total. The molecule has 0 amide bonds. The van der Waals surface area contributed by atoms with Gasteiger partial charge in [-0.25, -0.2) is 14.2 Å². The molecule has 0 unspecified atom stereocenters. The number of methoxy groups -OCH3 is 1. The molecule has 1 aromatic carbocycles. The fourth-order valence-electron chi connectivity index (χ4n) is 1.39. The number of fused-ring (bicyclic) bond motifs is 1. The second kappa shape index (κ2) is 3.84. The normalized spacial score (nSPS) is 10.4. The highest BCUT2D eigenvalue weighted by Gasteiger charge is 2.14. The lowest BCUT2D eigenvalue weighted by Gasteiger charge is -2.03. The van der Waals surface area contributed by atoms with Crippen LogP contribution in [0.5, 0.6) is 0 Å². The minimum absolute atomic E-state index is 0.130. The van der Waals surface area contributed by atoms with Gasteiger partial charge in [0.1, 0.15) is 5.82 Å². The maximum Gasteiger partial charge on any atom is 0.340 e. The summed E-state index contributed by atoms with van der Waals surface area (Å²) < 4.78 is 18.0. The third kappa shape index (κ3) is 1.71. The van der Waals surface area contributed by atoms with Crippen LogP contribution in [0.25, 0.3) is 11.0 Å². The number of carbonyl (C=O) groups excluding carboxylic acids is 1. The largest absolute Gasteiger partial charge is 0.465 e. The number of aromatic nitrogens is 2. The highest BCUT2D eigenvalue weighted by Crippen LogP contribution is 2.16. The van der Waals surface area contributed by atoms with Crippen LogP contribution in [-0.4, -0.2) is 23.0 Å². The molecule has 0 saturated heterocycles. The average Bonchev–Trinajstić information content (AvgIpc) is 2.28. The van der Waals surface area contributed by atoms with Crippen molar-refractivity contribution in [1.82, 2.24) is 9.97 Å². The third-order valence-electron chi connectivity index (χ3n) is 2.16. The first-order chi connectivity index (χ1) is 7.61. The van der Waals surface area contributed by atoms with Crippen LogP contribution in [-0.2, 0) is 4.74 Å². The van der Waals surface area contributed by atoms with Gasteiger partial charge in [-0.3, -0.25) is 4.98 Å². The van der Waals surface area contributed by atoms with Gasteiger partial charge in [0.2, 0.25) is 0 Å². The van der Waals surface area contributed by atoms with Gasteiger partial charge in [-0.1, -0.05) is 0 Å². The molecule has 2 aromatic rings. The number of rotatable bonds is 1. The summed E-state index contributed by atoms with van der Waals surface area (Å²) in [6.07, 6.45) is 1.54. The Morgan fingerprint density at radius 2 is 2.12 bits per heavy atom. The van der Waals surface area contributed by atoms with Crippen molar-refractivity contribution in [3.8, 4) is 0 Å². The maximum absolute atomic E-state index is 13.5. The van der Waals surface area contributed by atoms with E-state index in [1.807, 2.05) is 0 Å². The molecule has 0 fully saturated rings. The first-order valence-corrected chi connectivity index (χ1v) is 4.63. The highest BCUT2D eigenvalue weighted by molar-refractivity contribution is 5.93. The van der Waals surface area contributed by atoms with Crippen molar-refractivity contribution in [2.75, 3.05) is 7.11 Å². The molecule has 0 radical (unpaired) electrons. The summed E-state index contributed by atoms with van der Waals surface area (Å²) in [5, 5.41) is 0. The molecule has 0 bridgehead atoms. The van der Waals surface area contributed by atoms with E-state index < -0.39 is 11.8 Å². The Morgan fingerprint density at radius 1 is 1.38 bits per heavy atom. The number of aryl methyl sites for hydroxylation is 1. The van der Waals surface area contributed by atoms with E-state index in [4.69, 9.17) is 0 Å². The Hall–Kier alpha value is -2.04. The second-order valence-corrected chi connectivity index (χ2v) is 3.32. The third-order valence-corrected chi connectivity index (χ3v) is 2.16. The molecule has 2 rings (SSSR count). The van der Waals surface area contributed by atoms with Gasteiger partial charge in [-0.15, -0.1) is 0 Å². The summed E-state index contributed by atoms with van der Waals surface area (Å²) in [6, 6.07) is 2.52. The molecule has 0 N–H and O–H groups in total. The summed E-state index contributed by atoms with van der Waals surface area (Å²) in [5.74, 6) is -1.37. The van der Waals surface area contributed by atoms with Gasteiger partial charge in [0.25, 0.3) is 0 Å². The standard InChI is InChI=1S/C11H9FN2O2/c1-6-5-13-9-4-8(12)7(11(15)16-2)3-10(9)14-6/h3-5H,1-2H3. The number of benzene rings is 1. The van der Waals surface area contributed by atoms with E-state index in [1.165, 1.54) is 19.2 Å². The van der Waals surface area contributed by atoms with Crippen LogP contribution in [0.1, 0.15) is 16.1 Å². The highest BCUT2D eigenvalue weighted by atomic mass is 19.1. The van der Waals surface area contributed by atoms with Gasteiger partial charge in [0.15, 0.2) is 0 Å². The lowest BCUT2D eigenvalue weighted by molar-refractivity contribution is 0.0595. The number of halogens is 1. The molecular formula is C11H9FN2O2.